The third-order valence-corrected chi connectivity index (χ3v) is 3.68. The van der Waals surface area contributed by atoms with Gasteiger partial charge in [-0.15, -0.1) is 0 Å². The summed E-state index contributed by atoms with van der Waals surface area (Å²) < 4.78 is 6.00. The molecule has 0 saturated heterocycles. The number of methoxy groups -OCH3 is 1. The van der Waals surface area contributed by atoms with E-state index in [2.05, 4.69) is 37.7 Å². The number of rotatable bonds is 6. The highest BCUT2D eigenvalue weighted by atomic mass is 79.9. The van der Waals surface area contributed by atoms with Crippen LogP contribution in [0.1, 0.15) is 19.8 Å². The van der Waals surface area contributed by atoms with E-state index in [9.17, 15) is 0 Å². The van der Waals surface area contributed by atoms with Crippen molar-refractivity contribution < 1.29 is 4.74 Å². The van der Waals surface area contributed by atoms with Gasteiger partial charge in [0.15, 0.2) is 0 Å². The maximum atomic E-state index is 5.18. The predicted octanol–water partition coefficient (Wildman–Crippen LogP) is 2.49. The Morgan fingerprint density at radius 2 is 2.29 bits per heavy atom. The van der Waals surface area contributed by atoms with Crippen LogP contribution in [0, 0.1) is 5.92 Å². The van der Waals surface area contributed by atoms with Gasteiger partial charge in [0, 0.05) is 25.8 Å². The van der Waals surface area contributed by atoms with Crippen molar-refractivity contribution in [2.24, 2.45) is 5.92 Å². The third kappa shape index (κ3) is 3.39. The normalized spacial score (nSPS) is 16.9. The Morgan fingerprint density at radius 1 is 1.53 bits per heavy atom. The molecule has 1 aliphatic carbocycles. The van der Waals surface area contributed by atoms with Crippen LogP contribution in [0.3, 0.4) is 0 Å². The molecule has 1 fully saturated rings. The van der Waals surface area contributed by atoms with E-state index in [1.165, 1.54) is 12.8 Å². The Balaban J connectivity index is 2.13. The molecule has 0 bridgehead atoms. The minimum atomic E-state index is 0.520. The van der Waals surface area contributed by atoms with Crippen LogP contribution in [-0.2, 0) is 4.74 Å². The molecule has 1 saturated carbocycles. The summed E-state index contributed by atoms with van der Waals surface area (Å²) in [5.41, 5.74) is 0. The summed E-state index contributed by atoms with van der Waals surface area (Å²) in [6, 6.07) is 2.49. The van der Waals surface area contributed by atoms with E-state index < -0.39 is 0 Å². The van der Waals surface area contributed by atoms with E-state index in [0.717, 1.165) is 29.5 Å². The quantitative estimate of drug-likeness (QED) is 0.757. The van der Waals surface area contributed by atoms with Gasteiger partial charge in [-0.1, -0.05) is 0 Å². The molecular formula is C12H18BrN3O. The van der Waals surface area contributed by atoms with Crippen molar-refractivity contribution in [1.82, 2.24) is 9.97 Å². The fourth-order valence-corrected chi connectivity index (χ4v) is 2.33. The van der Waals surface area contributed by atoms with Gasteiger partial charge in [0.1, 0.15) is 16.7 Å². The lowest BCUT2D eigenvalue weighted by Gasteiger charge is -2.30. The van der Waals surface area contributed by atoms with Gasteiger partial charge in [-0.3, -0.25) is 0 Å². The molecule has 0 N–H and O–H groups in total. The second kappa shape index (κ2) is 5.78. The van der Waals surface area contributed by atoms with Gasteiger partial charge in [0.2, 0.25) is 0 Å². The smallest absolute Gasteiger partial charge is 0.133 e. The number of anilines is 1. The van der Waals surface area contributed by atoms with Crippen LogP contribution < -0.4 is 4.90 Å². The first-order valence-electron chi connectivity index (χ1n) is 5.95. The second-order valence-corrected chi connectivity index (χ2v) is 5.28. The van der Waals surface area contributed by atoms with Crippen LogP contribution in [0.4, 0.5) is 5.82 Å². The van der Waals surface area contributed by atoms with Crippen molar-refractivity contribution in [2.45, 2.75) is 25.8 Å². The predicted molar refractivity (Wildman–Crippen MR) is 71.1 cm³/mol. The lowest BCUT2D eigenvalue weighted by atomic mass is 10.2. The summed E-state index contributed by atoms with van der Waals surface area (Å²) in [5, 5.41) is 0. The zero-order valence-electron chi connectivity index (χ0n) is 10.3. The van der Waals surface area contributed by atoms with E-state index in [1.54, 1.807) is 13.4 Å². The van der Waals surface area contributed by atoms with Crippen molar-refractivity contribution in [3.8, 4) is 0 Å². The van der Waals surface area contributed by atoms with Gasteiger partial charge in [0.25, 0.3) is 0 Å². The van der Waals surface area contributed by atoms with E-state index in [0.29, 0.717) is 6.04 Å². The van der Waals surface area contributed by atoms with E-state index in [4.69, 9.17) is 4.74 Å². The zero-order chi connectivity index (χ0) is 12.3. The van der Waals surface area contributed by atoms with E-state index in [-0.39, 0.29) is 0 Å². The van der Waals surface area contributed by atoms with Gasteiger partial charge in [0.05, 0.1) is 6.61 Å². The van der Waals surface area contributed by atoms with Crippen LogP contribution in [0.2, 0.25) is 0 Å². The molecule has 0 radical (unpaired) electrons. The van der Waals surface area contributed by atoms with Gasteiger partial charge in [-0.2, -0.15) is 0 Å². The van der Waals surface area contributed by atoms with Crippen LogP contribution in [0.5, 0.6) is 0 Å². The zero-order valence-corrected chi connectivity index (χ0v) is 11.9. The molecule has 94 valence electrons. The fraction of sp³-hybridized carbons (Fsp3) is 0.667. The summed E-state index contributed by atoms with van der Waals surface area (Å²) in [4.78, 5) is 10.7. The fourth-order valence-electron chi connectivity index (χ4n) is 2.03. The molecule has 0 aromatic carbocycles. The first-order chi connectivity index (χ1) is 8.22. The number of hydrogen-bond donors (Lipinski definition) is 0. The summed E-state index contributed by atoms with van der Waals surface area (Å²) in [6.45, 7) is 3.86. The van der Waals surface area contributed by atoms with Crippen molar-refractivity contribution >= 4 is 21.7 Å². The van der Waals surface area contributed by atoms with Gasteiger partial charge in [-0.05, 0) is 41.6 Å². The average Bonchev–Trinajstić information content (AvgIpc) is 3.13. The van der Waals surface area contributed by atoms with Crippen LogP contribution in [-0.4, -0.2) is 36.3 Å². The largest absolute Gasteiger partial charge is 0.383 e. The Bertz CT molecular complexity index is 371. The lowest BCUT2D eigenvalue weighted by molar-refractivity contribution is 0.202. The molecule has 1 aliphatic rings. The highest BCUT2D eigenvalue weighted by molar-refractivity contribution is 9.10. The second-order valence-electron chi connectivity index (χ2n) is 4.46. The molecule has 2 rings (SSSR count). The van der Waals surface area contributed by atoms with E-state index in [1.807, 2.05) is 6.07 Å². The summed E-state index contributed by atoms with van der Waals surface area (Å²) in [7, 11) is 1.73. The SMILES string of the molecule is COCCN(c1cc(Br)ncn1)C(C)C1CC1. The summed E-state index contributed by atoms with van der Waals surface area (Å²) in [5.74, 6) is 1.78. The first-order valence-corrected chi connectivity index (χ1v) is 6.75. The molecule has 17 heavy (non-hydrogen) atoms. The van der Waals surface area contributed by atoms with Crippen LogP contribution in [0.15, 0.2) is 17.0 Å². The topological polar surface area (TPSA) is 38.2 Å². The first kappa shape index (κ1) is 12.8. The van der Waals surface area contributed by atoms with Crippen molar-refractivity contribution in [1.29, 1.82) is 0 Å². The molecule has 1 aromatic heterocycles. The number of halogens is 1. The Kier molecular flexibility index (Phi) is 4.34. The van der Waals surface area contributed by atoms with Gasteiger partial charge < -0.3 is 9.64 Å². The molecule has 1 aromatic rings. The standard InChI is InChI=1S/C12H18BrN3O/c1-9(10-3-4-10)16(5-6-17-2)12-7-11(13)14-8-15-12/h7-10H,3-6H2,1-2H3. The molecule has 0 aliphatic heterocycles. The number of aromatic nitrogens is 2. The monoisotopic (exact) mass is 299 g/mol. The Morgan fingerprint density at radius 3 is 2.88 bits per heavy atom. The molecular weight excluding hydrogens is 282 g/mol. The highest BCUT2D eigenvalue weighted by Gasteiger charge is 2.32. The minimum absolute atomic E-state index is 0.520. The molecule has 1 heterocycles. The Hall–Kier alpha value is -0.680. The van der Waals surface area contributed by atoms with E-state index >= 15 is 0 Å². The maximum Gasteiger partial charge on any atom is 0.133 e. The average molecular weight is 300 g/mol. The maximum absolute atomic E-state index is 5.18. The van der Waals surface area contributed by atoms with Gasteiger partial charge in [-0.25, -0.2) is 9.97 Å². The molecule has 0 spiro atoms. The van der Waals surface area contributed by atoms with Crippen molar-refractivity contribution in [3.05, 3.63) is 17.0 Å². The van der Waals surface area contributed by atoms with Gasteiger partial charge >= 0.3 is 0 Å². The van der Waals surface area contributed by atoms with Crippen LogP contribution >= 0.6 is 15.9 Å². The summed E-state index contributed by atoms with van der Waals surface area (Å²) >= 11 is 3.39. The molecule has 5 heteroatoms. The highest BCUT2D eigenvalue weighted by Crippen LogP contribution is 2.36. The molecule has 0 amide bonds. The summed E-state index contributed by atoms with van der Waals surface area (Å²) in [6.07, 6.45) is 4.26. The molecule has 1 atom stereocenters. The van der Waals surface area contributed by atoms with Crippen molar-refractivity contribution in [2.75, 3.05) is 25.2 Å². The number of ether oxygens (including phenoxy) is 1. The molecule has 1 unspecified atom stereocenters. The Labute approximate surface area is 111 Å². The minimum Gasteiger partial charge on any atom is -0.383 e. The number of nitrogens with zero attached hydrogens (tertiary/aromatic N) is 3. The number of hydrogen-bond acceptors (Lipinski definition) is 4. The third-order valence-electron chi connectivity index (χ3n) is 3.25. The van der Waals surface area contributed by atoms with Crippen molar-refractivity contribution in [3.63, 3.8) is 0 Å². The molecule has 4 nitrogen and oxygen atoms in total. The lowest BCUT2D eigenvalue weighted by Crippen LogP contribution is -2.37. The van der Waals surface area contributed by atoms with Crippen LogP contribution in [0.25, 0.3) is 0 Å².